The highest BCUT2D eigenvalue weighted by atomic mass is 19.1. The predicted molar refractivity (Wildman–Crippen MR) is 84.0 cm³/mol. The third-order valence-electron chi connectivity index (χ3n) is 3.40. The Labute approximate surface area is 137 Å². The average molecular weight is 334 g/mol. The minimum absolute atomic E-state index is 0.247. The minimum Gasteiger partial charge on any atom is -0.384 e. The van der Waals surface area contributed by atoms with Crippen LogP contribution in [0.15, 0.2) is 48.5 Å². The molecule has 1 unspecified atom stereocenters. The van der Waals surface area contributed by atoms with Crippen LogP contribution in [0.2, 0.25) is 0 Å². The molecule has 0 fully saturated rings. The Morgan fingerprint density at radius 3 is 2.17 bits per heavy atom. The van der Waals surface area contributed by atoms with Crippen molar-refractivity contribution in [3.63, 3.8) is 0 Å². The Morgan fingerprint density at radius 2 is 1.58 bits per heavy atom. The molecule has 0 aliphatic heterocycles. The second kappa shape index (κ2) is 7.18. The van der Waals surface area contributed by atoms with Crippen LogP contribution in [-0.2, 0) is 15.2 Å². The van der Waals surface area contributed by atoms with E-state index in [1.807, 2.05) is 5.32 Å². The number of hydrogen-bond acceptors (Lipinski definition) is 3. The van der Waals surface area contributed by atoms with Gasteiger partial charge in [0.1, 0.15) is 22.9 Å². The summed E-state index contributed by atoms with van der Waals surface area (Å²) < 4.78 is 26.9. The fourth-order valence-corrected chi connectivity index (χ4v) is 2.02. The average Bonchev–Trinajstić information content (AvgIpc) is 2.57. The molecule has 2 aromatic rings. The molecule has 24 heavy (non-hydrogen) atoms. The Balaban J connectivity index is 1.98. The molecule has 3 N–H and O–H groups in total. The third-order valence-corrected chi connectivity index (χ3v) is 3.40. The maximum absolute atomic E-state index is 13.4. The van der Waals surface area contributed by atoms with Gasteiger partial charge in [0.25, 0.3) is 0 Å². The maximum atomic E-state index is 13.4. The molecule has 0 aromatic heterocycles. The Morgan fingerprint density at radius 1 is 1.00 bits per heavy atom. The van der Waals surface area contributed by atoms with E-state index in [2.05, 4.69) is 5.32 Å². The molecule has 2 rings (SSSR count). The highest BCUT2D eigenvalue weighted by Gasteiger charge is 2.25. The number of amides is 2. The van der Waals surface area contributed by atoms with Crippen molar-refractivity contribution in [1.82, 2.24) is 5.32 Å². The van der Waals surface area contributed by atoms with Crippen molar-refractivity contribution in [2.45, 2.75) is 12.5 Å². The summed E-state index contributed by atoms with van der Waals surface area (Å²) in [5.74, 6) is -4.34. The first-order chi connectivity index (χ1) is 11.3. The smallest absolute Gasteiger partial charge is 0.313 e. The topological polar surface area (TPSA) is 78.4 Å². The summed E-state index contributed by atoms with van der Waals surface area (Å²) in [7, 11) is 0. The summed E-state index contributed by atoms with van der Waals surface area (Å²) in [6.45, 7) is 1.22. The van der Waals surface area contributed by atoms with Gasteiger partial charge in [0, 0.05) is 0 Å². The number of aliphatic hydroxyl groups is 1. The van der Waals surface area contributed by atoms with Crippen LogP contribution < -0.4 is 10.6 Å². The number of para-hydroxylation sites is 1. The molecule has 126 valence electrons. The van der Waals surface area contributed by atoms with Gasteiger partial charge in [0.2, 0.25) is 0 Å². The molecule has 0 radical (unpaired) electrons. The van der Waals surface area contributed by atoms with E-state index >= 15 is 0 Å². The van der Waals surface area contributed by atoms with Crippen LogP contribution >= 0.6 is 0 Å². The summed E-state index contributed by atoms with van der Waals surface area (Å²) >= 11 is 0. The van der Waals surface area contributed by atoms with E-state index < -0.39 is 34.7 Å². The third kappa shape index (κ3) is 4.14. The Bertz CT molecular complexity index is 729. The number of anilines is 1. The molecule has 5 nitrogen and oxygen atoms in total. The van der Waals surface area contributed by atoms with E-state index in [-0.39, 0.29) is 6.54 Å². The summed E-state index contributed by atoms with van der Waals surface area (Å²) in [4.78, 5) is 23.5. The second-order valence-electron chi connectivity index (χ2n) is 5.37. The molecule has 0 saturated carbocycles. The number of benzene rings is 2. The van der Waals surface area contributed by atoms with Gasteiger partial charge in [-0.15, -0.1) is 0 Å². The molecule has 0 spiro atoms. The number of halogens is 2. The lowest BCUT2D eigenvalue weighted by molar-refractivity contribution is -0.136. The number of rotatable bonds is 4. The van der Waals surface area contributed by atoms with Gasteiger partial charge in [-0.25, -0.2) is 8.78 Å². The zero-order valence-corrected chi connectivity index (χ0v) is 12.8. The van der Waals surface area contributed by atoms with Gasteiger partial charge >= 0.3 is 11.8 Å². The molecular weight excluding hydrogens is 318 g/mol. The summed E-state index contributed by atoms with van der Waals surface area (Å²) in [5, 5.41) is 14.4. The Kier molecular flexibility index (Phi) is 5.25. The van der Waals surface area contributed by atoms with Crippen molar-refractivity contribution in [2.75, 3.05) is 11.9 Å². The molecule has 0 aliphatic rings. The zero-order chi connectivity index (χ0) is 17.7. The normalized spacial score (nSPS) is 13.0. The van der Waals surface area contributed by atoms with Crippen molar-refractivity contribution < 1.29 is 23.5 Å². The SMILES string of the molecule is CC(O)(CNC(=O)C(=O)Nc1c(F)cccc1F)c1ccccc1. The van der Waals surface area contributed by atoms with Gasteiger partial charge in [0.05, 0.1) is 6.54 Å². The van der Waals surface area contributed by atoms with E-state index in [4.69, 9.17) is 0 Å². The number of hydrogen-bond donors (Lipinski definition) is 3. The van der Waals surface area contributed by atoms with Crippen LogP contribution in [0.25, 0.3) is 0 Å². The molecule has 2 amide bonds. The number of carbonyl (C=O) groups is 2. The summed E-state index contributed by atoms with van der Waals surface area (Å²) in [6, 6.07) is 11.6. The highest BCUT2D eigenvalue weighted by Crippen LogP contribution is 2.19. The van der Waals surface area contributed by atoms with Crippen molar-refractivity contribution >= 4 is 17.5 Å². The fourth-order valence-electron chi connectivity index (χ4n) is 2.02. The molecule has 1 atom stereocenters. The van der Waals surface area contributed by atoms with Gasteiger partial charge in [0.15, 0.2) is 0 Å². The van der Waals surface area contributed by atoms with Crippen LogP contribution in [-0.4, -0.2) is 23.5 Å². The summed E-state index contributed by atoms with van der Waals surface area (Å²) in [5.41, 5.74) is -1.56. The molecule has 0 bridgehead atoms. The molecular formula is C17H16F2N2O3. The number of carbonyl (C=O) groups excluding carboxylic acids is 2. The first-order valence-electron chi connectivity index (χ1n) is 7.12. The van der Waals surface area contributed by atoms with Gasteiger partial charge < -0.3 is 15.7 Å². The molecule has 0 aliphatic carbocycles. The molecule has 0 heterocycles. The summed E-state index contributed by atoms with van der Waals surface area (Å²) in [6.07, 6.45) is 0. The van der Waals surface area contributed by atoms with Gasteiger partial charge in [-0.3, -0.25) is 9.59 Å². The maximum Gasteiger partial charge on any atom is 0.313 e. The van der Waals surface area contributed by atoms with Crippen LogP contribution in [0.1, 0.15) is 12.5 Å². The molecule has 7 heteroatoms. The zero-order valence-electron chi connectivity index (χ0n) is 12.8. The Hall–Kier alpha value is -2.80. The quantitative estimate of drug-likeness (QED) is 0.748. The minimum atomic E-state index is -1.40. The van der Waals surface area contributed by atoms with Crippen LogP contribution in [0.4, 0.5) is 14.5 Å². The predicted octanol–water partition coefficient (Wildman–Crippen LogP) is 1.93. The first kappa shape index (κ1) is 17.6. The van der Waals surface area contributed by atoms with Crippen molar-refractivity contribution in [2.24, 2.45) is 0 Å². The fraction of sp³-hybridized carbons (Fsp3) is 0.176. The van der Waals surface area contributed by atoms with Crippen molar-refractivity contribution in [3.8, 4) is 0 Å². The van der Waals surface area contributed by atoms with Crippen LogP contribution in [0, 0.1) is 11.6 Å². The van der Waals surface area contributed by atoms with Gasteiger partial charge in [-0.1, -0.05) is 36.4 Å². The van der Waals surface area contributed by atoms with E-state index in [9.17, 15) is 23.5 Å². The second-order valence-corrected chi connectivity index (χ2v) is 5.37. The highest BCUT2D eigenvalue weighted by molar-refractivity contribution is 6.39. The monoisotopic (exact) mass is 334 g/mol. The van der Waals surface area contributed by atoms with Gasteiger partial charge in [-0.2, -0.15) is 0 Å². The van der Waals surface area contributed by atoms with E-state index in [1.54, 1.807) is 30.3 Å². The van der Waals surface area contributed by atoms with Crippen LogP contribution in [0.5, 0.6) is 0 Å². The van der Waals surface area contributed by atoms with E-state index in [0.717, 1.165) is 18.2 Å². The first-order valence-corrected chi connectivity index (χ1v) is 7.12. The molecule has 0 saturated heterocycles. The lowest BCUT2D eigenvalue weighted by Crippen LogP contribution is -2.43. The van der Waals surface area contributed by atoms with Gasteiger partial charge in [-0.05, 0) is 24.6 Å². The standard InChI is InChI=1S/C17H16F2N2O3/c1-17(24,11-6-3-2-4-7-11)10-20-15(22)16(23)21-14-12(18)8-5-9-13(14)19/h2-9,24H,10H2,1H3,(H,20,22)(H,21,23). The number of nitrogens with one attached hydrogen (secondary N) is 2. The van der Waals surface area contributed by atoms with Crippen molar-refractivity contribution in [3.05, 3.63) is 65.7 Å². The van der Waals surface area contributed by atoms with E-state index in [1.165, 1.54) is 6.92 Å². The lowest BCUT2D eigenvalue weighted by atomic mass is 9.96. The van der Waals surface area contributed by atoms with Crippen molar-refractivity contribution in [1.29, 1.82) is 0 Å². The largest absolute Gasteiger partial charge is 0.384 e. The lowest BCUT2D eigenvalue weighted by Gasteiger charge is -2.24. The molecule has 2 aromatic carbocycles. The van der Waals surface area contributed by atoms with Crippen LogP contribution in [0.3, 0.4) is 0 Å². The van der Waals surface area contributed by atoms with E-state index in [0.29, 0.717) is 5.56 Å².